The van der Waals surface area contributed by atoms with E-state index in [9.17, 15) is 0 Å². The number of nitrogens with zero attached hydrogens (tertiary/aromatic N) is 2. The van der Waals surface area contributed by atoms with Crippen LogP contribution in [-0.4, -0.2) is 83.5 Å². The Morgan fingerprint density at radius 1 is 0.536 bits per heavy atom. The first-order valence-electron chi connectivity index (χ1n) is 9.72. The molecular formula is C20H46Cl2Ga2N4-2. The number of hydrogen-bond donors (Lipinski definition) is 2. The van der Waals surface area contributed by atoms with E-state index in [0.717, 1.165) is 61.4 Å². The molecule has 0 heterocycles. The van der Waals surface area contributed by atoms with Crippen molar-refractivity contribution in [2.24, 2.45) is 0 Å². The fourth-order valence-corrected chi connectivity index (χ4v) is 1.64. The van der Waals surface area contributed by atoms with Crippen molar-refractivity contribution in [1.29, 1.82) is 0 Å². The van der Waals surface area contributed by atoms with Crippen LogP contribution in [0.15, 0.2) is 0 Å². The standard InChI is InChI=1S/2C10H23N2.2ClH.2Ga/c2*1-9(2,3)11-7-8-12-10(4,5)6;;;;/h2*11H,7-8H2,1-6H3;2*1H;;/q2*-1;;;2*+1/p-2. The molecule has 0 saturated heterocycles. The van der Waals surface area contributed by atoms with Gasteiger partial charge in [-0.3, -0.25) is 0 Å². The van der Waals surface area contributed by atoms with Crippen LogP contribution >= 0.6 is 19.3 Å². The molecule has 0 rings (SSSR count). The van der Waals surface area contributed by atoms with Gasteiger partial charge in [0.05, 0.1) is 0 Å². The van der Waals surface area contributed by atoms with E-state index in [1.165, 1.54) is 0 Å². The first kappa shape index (κ1) is 37.0. The van der Waals surface area contributed by atoms with Crippen molar-refractivity contribution in [3.63, 3.8) is 0 Å². The van der Waals surface area contributed by atoms with Gasteiger partial charge in [0.25, 0.3) is 0 Å². The van der Waals surface area contributed by atoms with E-state index in [-0.39, 0.29) is 22.2 Å². The van der Waals surface area contributed by atoms with Crippen molar-refractivity contribution in [3.05, 3.63) is 10.6 Å². The van der Waals surface area contributed by atoms with Gasteiger partial charge in [-0.2, -0.15) is 0 Å². The number of nitrogens with one attached hydrogen (secondary N) is 2. The van der Waals surface area contributed by atoms with E-state index < -0.39 is 0 Å². The van der Waals surface area contributed by atoms with Gasteiger partial charge in [0.1, 0.15) is 0 Å². The quantitative estimate of drug-likeness (QED) is 0.328. The van der Waals surface area contributed by atoms with Crippen molar-refractivity contribution in [3.8, 4) is 0 Å². The van der Waals surface area contributed by atoms with Crippen LogP contribution in [0.1, 0.15) is 83.1 Å². The minimum absolute atomic E-state index is 0.111. The summed E-state index contributed by atoms with van der Waals surface area (Å²) < 4.78 is 0. The Labute approximate surface area is 206 Å². The third-order valence-electron chi connectivity index (χ3n) is 2.71. The molecule has 0 spiro atoms. The molecule has 0 aliphatic carbocycles. The third kappa shape index (κ3) is 50.9. The summed E-state index contributed by atoms with van der Waals surface area (Å²) >= 11 is 2.32. The Hall–Kier alpha value is 1.69. The van der Waals surface area contributed by atoms with Crippen LogP contribution in [0.3, 0.4) is 0 Å². The summed E-state index contributed by atoms with van der Waals surface area (Å²) in [5, 5.41) is 15.8. The summed E-state index contributed by atoms with van der Waals surface area (Å²) in [5.74, 6) is 0. The molecule has 0 aliphatic rings. The number of halogens is 2. The van der Waals surface area contributed by atoms with Crippen molar-refractivity contribution in [2.45, 2.75) is 105 Å². The Bertz CT molecular complexity index is 254. The summed E-state index contributed by atoms with van der Waals surface area (Å²) in [6.07, 6.45) is 0. The Kier molecular flexibility index (Phi) is 25.6. The van der Waals surface area contributed by atoms with Gasteiger partial charge in [-0.1, -0.05) is 41.5 Å². The van der Waals surface area contributed by atoms with Gasteiger partial charge in [-0.25, -0.2) is 0 Å². The Balaban J connectivity index is -0.000000174. The van der Waals surface area contributed by atoms with Crippen LogP contribution in [0.2, 0.25) is 0 Å². The van der Waals surface area contributed by atoms with Gasteiger partial charge < -0.3 is 21.3 Å². The molecule has 0 aromatic rings. The zero-order chi connectivity index (χ0) is 23.7. The second-order valence-electron chi connectivity index (χ2n) is 10.5. The molecular weight excluding hydrogens is 507 g/mol. The molecule has 0 aliphatic heterocycles. The fraction of sp³-hybridized carbons (Fsp3) is 1.00. The van der Waals surface area contributed by atoms with Crippen molar-refractivity contribution in [1.82, 2.24) is 10.6 Å². The molecule has 0 amide bonds. The average molecular weight is 553 g/mol. The second kappa shape index (κ2) is 19.4. The Morgan fingerprint density at radius 3 is 0.893 bits per heavy atom. The van der Waals surface area contributed by atoms with Gasteiger partial charge in [0.15, 0.2) is 0 Å². The molecule has 168 valence electrons. The van der Waals surface area contributed by atoms with Gasteiger partial charge >= 0.3 is 54.5 Å². The van der Waals surface area contributed by atoms with E-state index in [1.807, 2.05) is 0 Å². The summed E-state index contributed by atoms with van der Waals surface area (Å²) in [6, 6.07) is 0. The van der Waals surface area contributed by atoms with Crippen LogP contribution in [0, 0.1) is 0 Å². The van der Waals surface area contributed by atoms with E-state index in [1.54, 1.807) is 0 Å². The molecule has 28 heavy (non-hydrogen) atoms. The first-order chi connectivity index (χ1) is 12.4. The maximum atomic E-state index is 4.70. The molecule has 8 heteroatoms. The van der Waals surface area contributed by atoms with E-state index in [4.69, 9.17) is 19.3 Å². The zero-order valence-corrected chi connectivity index (χ0v) is 27.0. The number of hydrogen-bond acceptors (Lipinski definition) is 2. The van der Waals surface area contributed by atoms with Crippen LogP contribution < -0.4 is 10.6 Å². The summed E-state index contributed by atoms with van der Waals surface area (Å²) in [6.45, 7) is 29.6. The van der Waals surface area contributed by atoms with Crippen molar-refractivity contribution in [2.75, 3.05) is 26.2 Å². The summed E-state index contributed by atoms with van der Waals surface area (Å²) in [5.41, 5.74) is 0.653. The van der Waals surface area contributed by atoms with Crippen LogP contribution in [0.5, 0.6) is 0 Å². The van der Waals surface area contributed by atoms with Gasteiger partial charge in [-0.15, -0.1) is 24.2 Å². The van der Waals surface area contributed by atoms with Crippen molar-refractivity contribution < 1.29 is 0 Å². The molecule has 2 N–H and O–H groups in total. The van der Waals surface area contributed by atoms with E-state index in [2.05, 4.69) is 104 Å². The van der Waals surface area contributed by atoms with Crippen LogP contribution in [0.4, 0.5) is 0 Å². The number of rotatable bonds is 6. The average Bonchev–Trinajstić information content (AvgIpc) is 2.49. The predicted octanol–water partition coefficient (Wildman–Crippen LogP) is 5.71. The summed E-state index contributed by atoms with van der Waals surface area (Å²) in [7, 11) is 9.40. The summed E-state index contributed by atoms with van der Waals surface area (Å²) in [4.78, 5) is 0. The first-order valence-corrected chi connectivity index (χ1v) is 16.1. The SMILES string of the molecule is CC(C)(C)[N-]CCNC(C)(C)C.CC(C)(C)[N-]CCNC(C)(C)C.[Cl][Ga].[Cl][Ga]. The molecule has 0 bridgehead atoms. The van der Waals surface area contributed by atoms with Crippen LogP contribution in [-0.2, 0) is 0 Å². The van der Waals surface area contributed by atoms with E-state index in [0.29, 0.717) is 0 Å². The minimum atomic E-state index is 0.111. The van der Waals surface area contributed by atoms with Gasteiger partial charge in [0, 0.05) is 11.1 Å². The molecule has 0 unspecified atom stereocenters. The third-order valence-corrected chi connectivity index (χ3v) is 2.71. The molecule has 4 radical (unpaired) electrons. The van der Waals surface area contributed by atoms with E-state index >= 15 is 0 Å². The molecule has 0 fully saturated rings. The topological polar surface area (TPSA) is 52.3 Å². The molecule has 0 saturated carbocycles. The zero-order valence-electron chi connectivity index (χ0n) is 20.6. The molecule has 4 nitrogen and oxygen atoms in total. The molecule has 0 atom stereocenters. The van der Waals surface area contributed by atoms with Gasteiger partial charge in [0.2, 0.25) is 0 Å². The second-order valence-corrected chi connectivity index (χ2v) is 10.5. The Morgan fingerprint density at radius 2 is 0.750 bits per heavy atom. The monoisotopic (exact) mass is 550 g/mol. The molecule has 0 aromatic carbocycles. The predicted molar refractivity (Wildman–Crippen MR) is 135 cm³/mol. The van der Waals surface area contributed by atoms with Crippen LogP contribution in [0.25, 0.3) is 10.6 Å². The molecule has 0 aromatic heterocycles. The fourth-order valence-electron chi connectivity index (χ4n) is 1.64. The normalized spacial score (nSPS) is 11.9. The van der Waals surface area contributed by atoms with Crippen molar-refractivity contribution >= 4 is 54.5 Å². The maximum absolute atomic E-state index is 4.70. The van der Waals surface area contributed by atoms with Gasteiger partial charge in [-0.05, 0) is 54.6 Å².